The van der Waals surface area contributed by atoms with Gasteiger partial charge in [-0.2, -0.15) is 0 Å². The van der Waals surface area contributed by atoms with E-state index in [2.05, 4.69) is 9.64 Å². The van der Waals surface area contributed by atoms with E-state index < -0.39 is 0 Å². The summed E-state index contributed by atoms with van der Waals surface area (Å²) in [5.41, 5.74) is 0. The minimum Gasteiger partial charge on any atom is -0.466 e. The average Bonchev–Trinajstić information content (AvgIpc) is 2.27. The Morgan fingerprint density at radius 3 is 3.07 bits per heavy atom. The lowest BCUT2D eigenvalue weighted by Crippen LogP contribution is -2.36. The summed E-state index contributed by atoms with van der Waals surface area (Å²) in [6.07, 6.45) is 5.75. The van der Waals surface area contributed by atoms with Crippen molar-refractivity contribution in [3.63, 3.8) is 0 Å². The van der Waals surface area contributed by atoms with E-state index in [0.29, 0.717) is 6.10 Å². The smallest absolute Gasteiger partial charge is 0.331 e. The third kappa shape index (κ3) is 4.34. The normalized spacial score (nSPS) is 22.0. The van der Waals surface area contributed by atoms with Crippen LogP contribution < -0.4 is 0 Å². The molecular formula is C11H19NO3. The van der Waals surface area contributed by atoms with Gasteiger partial charge in [-0.05, 0) is 19.8 Å². The van der Waals surface area contributed by atoms with E-state index in [9.17, 15) is 4.79 Å². The second-order valence-electron chi connectivity index (χ2n) is 3.55. The van der Waals surface area contributed by atoms with Crippen LogP contribution in [0.2, 0.25) is 0 Å². The van der Waals surface area contributed by atoms with Crippen molar-refractivity contribution in [3.8, 4) is 0 Å². The predicted molar refractivity (Wildman–Crippen MR) is 57.4 cm³/mol. The first kappa shape index (κ1) is 12.0. The van der Waals surface area contributed by atoms with Crippen molar-refractivity contribution in [3.05, 3.63) is 12.3 Å². The number of methoxy groups -OCH3 is 1. The fourth-order valence-electron chi connectivity index (χ4n) is 1.71. The molecule has 0 N–H and O–H groups in total. The van der Waals surface area contributed by atoms with Crippen LogP contribution in [0, 0.1) is 0 Å². The third-order valence-electron chi connectivity index (χ3n) is 2.43. The molecule has 4 nitrogen and oxygen atoms in total. The molecule has 0 aromatic heterocycles. The van der Waals surface area contributed by atoms with Crippen molar-refractivity contribution in [2.45, 2.75) is 25.9 Å². The fraction of sp³-hybridized carbons (Fsp3) is 0.727. The van der Waals surface area contributed by atoms with Crippen LogP contribution in [0.1, 0.15) is 19.8 Å². The van der Waals surface area contributed by atoms with E-state index in [4.69, 9.17) is 4.74 Å². The SMILES string of the molecule is CCOC1CCCN(C=CC(=O)OC)C1. The van der Waals surface area contributed by atoms with Crippen LogP contribution in [0.3, 0.4) is 0 Å². The van der Waals surface area contributed by atoms with Crippen LogP contribution in [0.25, 0.3) is 0 Å². The second-order valence-corrected chi connectivity index (χ2v) is 3.55. The summed E-state index contributed by atoms with van der Waals surface area (Å²) in [7, 11) is 1.38. The molecule has 0 radical (unpaired) electrons. The first-order valence-corrected chi connectivity index (χ1v) is 5.38. The number of hydrogen-bond donors (Lipinski definition) is 0. The standard InChI is InChI=1S/C11H19NO3/c1-3-15-10-5-4-7-12(9-10)8-6-11(13)14-2/h6,8,10H,3-5,7,9H2,1-2H3. The van der Waals surface area contributed by atoms with Crippen LogP contribution in [0.4, 0.5) is 0 Å². The molecule has 1 unspecified atom stereocenters. The van der Waals surface area contributed by atoms with Gasteiger partial charge < -0.3 is 14.4 Å². The molecule has 0 aliphatic carbocycles. The van der Waals surface area contributed by atoms with Crippen molar-refractivity contribution >= 4 is 5.97 Å². The zero-order valence-corrected chi connectivity index (χ0v) is 9.44. The largest absolute Gasteiger partial charge is 0.466 e. The lowest BCUT2D eigenvalue weighted by atomic mass is 10.1. The zero-order valence-electron chi connectivity index (χ0n) is 9.44. The molecule has 0 aromatic rings. The van der Waals surface area contributed by atoms with Gasteiger partial charge >= 0.3 is 5.97 Å². The predicted octanol–water partition coefficient (Wildman–Crippen LogP) is 1.17. The lowest BCUT2D eigenvalue weighted by molar-refractivity contribution is -0.134. The molecule has 0 spiro atoms. The maximum Gasteiger partial charge on any atom is 0.331 e. The number of piperidine rings is 1. The summed E-state index contributed by atoms with van der Waals surface area (Å²) in [5, 5.41) is 0. The zero-order chi connectivity index (χ0) is 11.1. The average molecular weight is 213 g/mol. The summed E-state index contributed by atoms with van der Waals surface area (Å²) < 4.78 is 10.1. The maximum absolute atomic E-state index is 10.9. The Hall–Kier alpha value is -1.03. The monoisotopic (exact) mass is 213 g/mol. The van der Waals surface area contributed by atoms with Gasteiger partial charge in [0, 0.05) is 32.0 Å². The molecule has 0 bridgehead atoms. The molecular weight excluding hydrogens is 194 g/mol. The van der Waals surface area contributed by atoms with Gasteiger partial charge in [-0.1, -0.05) is 0 Å². The number of carbonyl (C=O) groups excluding carboxylic acids is 1. The van der Waals surface area contributed by atoms with Crippen LogP contribution in [0.15, 0.2) is 12.3 Å². The minimum atomic E-state index is -0.312. The highest BCUT2D eigenvalue weighted by Gasteiger charge is 2.17. The summed E-state index contributed by atoms with van der Waals surface area (Å²) >= 11 is 0. The van der Waals surface area contributed by atoms with Crippen molar-refractivity contribution in [1.29, 1.82) is 0 Å². The van der Waals surface area contributed by atoms with Crippen LogP contribution >= 0.6 is 0 Å². The van der Waals surface area contributed by atoms with Crippen molar-refractivity contribution in [2.24, 2.45) is 0 Å². The third-order valence-corrected chi connectivity index (χ3v) is 2.43. The number of esters is 1. The lowest BCUT2D eigenvalue weighted by Gasteiger charge is -2.31. The Labute approximate surface area is 90.8 Å². The van der Waals surface area contributed by atoms with E-state index in [-0.39, 0.29) is 5.97 Å². The first-order valence-electron chi connectivity index (χ1n) is 5.38. The highest BCUT2D eigenvalue weighted by molar-refractivity contribution is 5.81. The van der Waals surface area contributed by atoms with Gasteiger partial charge in [0.25, 0.3) is 0 Å². The summed E-state index contributed by atoms with van der Waals surface area (Å²) in [6, 6.07) is 0. The van der Waals surface area contributed by atoms with Crippen LogP contribution in [0.5, 0.6) is 0 Å². The van der Waals surface area contributed by atoms with E-state index >= 15 is 0 Å². The Balaban J connectivity index is 2.35. The Morgan fingerprint density at radius 1 is 1.60 bits per heavy atom. The van der Waals surface area contributed by atoms with Crippen molar-refractivity contribution < 1.29 is 14.3 Å². The molecule has 0 amide bonds. The molecule has 1 aliphatic heterocycles. The Kier molecular flexibility index (Phi) is 5.18. The Morgan fingerprint density at radius 2 is 2.40 bits per heavy atom. The second kappa shape index (κ2) is 6.45. The van der Waals surface area contributed by atoms with Crippen molar-refractivity contribution in [1.82, 2.24) is 4.90 Å². The highest BCUT2D eigenvalue weighted by atomic mass is 16.5. The van der Waals surface area contributed by atoms with Gasteiger partial charge in [-0.25, -0.2) is 4.79 Å². The van der Waals surface area contributed by atoms with E-state index in [1.807, 2.05) is 6.92 Å². The van der Waals surface area contributed by atoms with Gasteiger partial charge in [0.2, 0.25) is 0 Å². The summed E-state index contributed by atoms with van der Waals surface area (Å²) in [4.78, 5) is 13.0. The Bertz CT molecular complexity index is 226. The number of nitrogens with zero attached hydrogens (tertiary/aromatic N) is 1. The summed E-state index contributed by atoms with van der Waals surface area (Å²) in [6.45, 7) is 4.60. The number of hydrogen-bond acceptors (Lipinski definition) is 4. The van der Waals surface area contributed by atoms with Gasteiger partial charge in [0.15, 0.2) is 0 Å². The van der Waals surface area contributed by atoms with Crippen LogP contribution in [-0.2, 0) is 14.3 Å². The van der Waals surface area contributed by atoms with E-state index in [1.165, 1.54) is 13.2 Å². The fourth-order valence-corrected chi connectivity index (χ4v) is 1.71. The molecule has 0 saturated carbocycles. The van der Waals surface area contributed by atoms with Gasteiger partial charge in [0.1, 0.15) is 0 Å². The quantitative estimate of drug-likeness (QED) is 0.519. The molecule has 1 fully saturated rings. The number of rotatable bonds is 4. The highest BCUT2D eigenvalue weighted by Crippen LogP contribution is 2.13. The topological polar surface area (TPSA) is 38.8 Å². The molecule has 0 aromatic carbocycles. The molecule has 1 atom stereocenters. The van der Waals surface area contributed by atoms with Crippen molar-refractivity contribution in [2.75, 3.05) is 26.8 Å². The van der Waals surface area contributed by atoms with E-state index in [1.54, 1.807) is 6.20 Å². The van der Waals surface area contributed by atoms with Gasteiger partial charge in [-0.3, -0.25) is 0 Å². The molecule has 1 heterocycles. The first-order chi connectivity index (χ1) is 7.26. The maximum atomic E-state index is 10.9. The number of ether oxygens (including phenoxy) is 2. The summed E-state index contributed by atoms with van der Waals surface area (Å²) in [5.74, 6) is -0.312. The van der Waals surface area contributed by atoms with Gasteiger partial charge in [0.05, 0.1) is 13.2 Å². The molecule has 1 rings (SSSR count). The van der Waals surface area contributed by atoms with Crippen LogP contribution in [-0.4, -0.2) is 43.8 Å². The molecule has 4 heteroatoms. The molecule has 15 heavy (non-hydrogen) atoms. The number of carbonyl (C=O) groups is 1. The van der Waals surface area contributed by atoms with E-state index in [0.717, 1.165) is 32.5 Å². The molecule has 1 saturated heterocycles. The molecule has 1 aliphatic rings. The minimum absolute atomic E-state index is 0.297. The number of likely N-dealkylation sites (tertiary alicyclic amines) is 1. The molecule has 86 valence electrons. The van der Waals surface area contributed by atoms with Gasteiger partial charge in [-0.15, -0.1) is 0 Å².